The van der Waals surface area contributed by atoms with E-state index in [0.29, 0.717) is 24.7 Å². The average molecular weight is 314 g/mol. The van der Waals surface area contributed by atoms with E-state index in [1.165, 1.54) is 16.3 Å². The van der Waals surface area contributed by atoms with E-state index in [9.17, 15) is 9.59 Å². The number of nitrogens with zero attached hydrogens (tertiary/aromatic N) is 2. The zero-order chi connectivity index (χ0) is 15.2. The lowest BCUT2D eigenvalue weighted by atomic mass is 10.5. The van der Waals surface area contributed by atoms with Gasteiger partial charge in [0.25, 0.3) is 0 Å². The third-order valence-electron chi connectivity index (χ3n) is 2.81. The van der Waals surface area contributed by atoms with Gasteiger partial charge in [-0.3, -0.25) is 9.36 Å². The van der Waals surface area contributed by atoms with Crippen molar-refractivity contribution >= 4 is 17.7 Å². The lowest BCUT2D eigenvalue weighted by Crippen LogP contribution is -2.28. The van der Waals surface area contributed by atoms with Gasteiger partial charge in [-0.25, -0.2) is 4.79 Å². The van der Waals surface area contributed by atoms with Crippen molar-refractivity contribution in [2.45, 2.75) is 31.9 Å². The molecule has 2 heterocycles. The molecule has 0 amide bonds. The number of aromatic nitrogens is 2. The number of carbonyl (C=O) groups is 1. The minimum Gasteiger partial charge on any atom is -0.478 e. The first kappa shape index (κ1) is 15.8. The molecule has 8 heteroatoms. The summed E-state index contributed by atoms with van der Waals surface area (Å²) in [4.78, 5) is 26.9. The van der Waals surface area contributed by atoms with Crippen LogP contribution in [0.25, 0.3) is 0 Å². The molecule has 1 aromatic heterocycles. The minimum absolute atomic E-state index is 0.188. The fraction of sp³-hybridized carbons (Fsp3) is 0.615. The summed E-state index contributed by atoms with van der Waals surface area (Å²) in [7, 11) is 0. The zero-order valence-corrected chi connectivity index (χ0v) is 12.8. The molecular weight excluding hydrogens is 296 g/mol. The van der Waals surface area contributed by atoms with Crippen molar-refractivity contribution in [3.8, 4) is 5.88 Å². The predicted molar refractivity (Wildman–Crippen MR) is 77.3 cm³/mol. The first-order valence-electron chi connectivity index (χ1n) is 6.78. The lowest BCUT2D eigenvalue weighted by Gasteiger charge is -2.14. The highest BCUT2D eigenvalue weighted by Crippen LogP contribution is 2.31. The maximum absolute atomic E-state index is 11.9. The van der Waals surface area contributed by atoms with Crippen molar-refractivity contribution in [1.82, 2.24) is 9.55 Å². The molecule has 1 saturated heterocycles. The van der Waals surface area contributed by atoms with Gasteiger partial charge in [0.05, 0.1) is 6.61 Å². The van der Waals surface area contributed by atoms with Gasteiger partial charge in [0.1, 0.15) is 18.3 Å². The van der Waals surface area contributed by atoms with E-state index >= 15 is 0 Å². The number of rotatable bonds is 6. The van der Waals surface area contributed by atoms with Crippen molar-refractivity contribution in [1.29, 1.82) is 0 Å². The second kappa shape index (κ2) is 7.46. The molecule has 0 saturated carbocycles. The van der Waals surface area contributed by atoms with Crippen LogP contribution in [-0.2, 0) is 14.3 Å². The number of esters is 1. The SMILES string of the molecule is CCOc1ccn([C@@H]2CS[C@H](COC(=O)CC)O2)c(=O)n1. The second-order valence-electron chi connectivity index (χ2n) is 4.28. The Kier molecular flexibility index (Phi) is 5.63. The largest absolute Gasteiger partial charge is 0.478 e. The van der Waals surface area contributed by atoms with Crippen LogP contribution in [-0.4, -0.2) is 39.9 Å². The maximum Gasteiger partial charge on any atom is 0.353 e. The Bertz CT molecular complexity index is 548. The quantitative estimate of drug-likeness (QED) is 0.729. The predicted octanol–water partition coefficient (Wildman–Crippen LogP) is 1.18. The van der Waals surface area contributed by atoms with E-state index in [1.54, 1.807) is 19.2 Å². The van der Waals surface area contributed by atoms with Gasteiger partial charge in [-0.05, 0) is 6.92 Å². The molecule has 1 fully saturated rings. The van der Waals surface area contributed by atoms with Crippen LogP contribution in [0.15, 0.2) is 17.1 Å². The van der Waals surface area contributed by atoms with Gasteiger partial charge in [-0.2, -0.15) is 4.98 Å². The number of hydrogen-bond acceptors (Lipinski definition) is 7. The van der Waals surface area contributed by atoms with E-state index in [0.717, 1.165) is 0 Å². The summed E-state index contributed by atoms with van der Waals surface area (Å²) in [5, 5.41) is 0. The molecule has 0 unspecified atom stereocenters. The Morgan fingerprint density at radius 3 is 3.05 bits per heavy atom. The first-order valence-corrected chi connectivity index (χ1v) is 7.83. The molecule has 116 valence electrons. The molecule has 0 aliphatic carbocycles. The van der Waals surface area contributed by atoms with Gasteiger partial charge in [-0.15, -0.1) is 11.8 Å². The smallest absolute Gasteiger partial charge is 0.353 e. The van der Waals surface area contributed by atoms with Gasteiger partial charge < -0.3 is 14.2 Å². The van der Waals surface area contributed by atoms with Crippen molar-refractivity contribution < 1.29 is 19.0 Å². The van der Waals surface area contributed by atoms with E-state index in [4.69, 9.17) is 14.2 Å². The average Bonchev–Trinajstić information content (AvgIpc) is 2.94. The van der Waals surface area contributed by atoms with E-state index in [1.807, 2.05) is 6.92 Å². The zero-order valence-electron chi connectivity index (χ0n) is 12.0. The van der Waals surface area contributed by atoms with Gasteiger partial charge in [0, 0.05) is 24.4 Å². The molecule has 2 atom stereocenters. The van der Waals surface area contributed by atoms with E-state index in [-0.39, 0.29) is 18.0 Å². The molecule has 0 aromatic carbocycles. The third kappa shape index (κ3) is 4.21. The summed E-state index contributed by atoms with van der Waals surface area (Å²) in [5.74, 6) is 0.643. The molecule has 21 heavy (non-hydrogen) atoms. The fourth-order valence-electron chi connectivity index (χ4n) is 1.78. The van der Waals surface area contributed by atoms with Crippen LogP contribution in [0.4, 0.5) is 0 Å². The Labute approximate surface area is 126 Å². The molecule has 0 N–H and O–H groups in total. The van der Waals surface area contributed by atoms with Crippen molar-refractivity contribution in [3.05, 3.63) is 22.7 Å². The normalized spacial score (nSPS) is 21.2. The minimum atomic E-state index is -0.419. The van der Waals surface area contributed by atoms with Crippen molar-refractivity contribution in [2.24, 2.45) is 0 Å². The van der Waals surface area contributed by atoms with Gasteiger partial charge in [-0.1, -0.05) is 6.92 Å². The Hall–Kier alpha value is -1.54. The molecule has 1 aromatic rings. The Balaban J connectivity index is 1.95. The highest BCUT2D eigenvalue weighted by atomic mass is 32.2. The van der Waals surface area contributed by atoms with E-state index < -0.39 is 11.9 Å². The van der Waals surface area contributed by atoms with Crippen LogP contribution in [0.2, 0.25) is 0 Å². The van der Waals surface area contributed by atoms with Crippen LogP contribution < -0.4 is 10.4 Å². The summed E-state index contributed by atoms with van der Waals surface area (Å²) >= 11 is 1.50. The van der Waals surface area contributed by atoms with Gasteiger partial charge in [0.2, 0.25) is 5.88 Å². The molecular formula is C13H18N2O5S. The molecule has 7 nitrogen and oxygen atoms in total. The van der Waals surface area contributed by atoms with Crippen molar-refractivity contribution in [3.63, 3.8) is 0 Å². The first-order chi connectivity index (χ1) is 10.1. The fourth-order valence-corrected chi connectivity index (χ4v) is 2.77. The van der Waals surface area contributed by atoms with Gasteiger partial charge in [0.15, 0.2) is 0 Å². The molecule has 0 bridgehead atoms. The monoisotopic (exact) mass is 314 g/mol. The molecule has 0 radical (unpaired) electrons. The number of hydrogen-bond donors (Lipinski definition) is 0. The summed E-state index contributed by atoms with van der Waals surface area (Å²) in [6.07, 6.45) is 1.53. The third-order valence-corrected chi connectivity index (χ3v) is 3.91. The number of ether oxygens (including phenoxy) is 3. The number of thioether (sulfide) groups is 1. The van der Waals surface area contributed by atoms with Crippen LogP contribution >= 0.6 is 11.8 Å². The standard InChI is InChI=1S/C13H18N2O5S/c1-3-11(16)19-7-12-20-10(8-21-12)15-6-5-9(18-4-2)14-13(15)17/h5-6,10,12H,3-4,7-8H2,1-2H3/t10-,12+/m0/s1. The van der Waals surface area contributed by atoms with Crippen LogP contribution in [0.1, 0.15) is 26.5 Å². The van der Waals surface area contributed by atoms with Crippen molar-refractivity contribution in [2.75, 3.05) is 19.0 Å². The Morgan fingerprint density at radius 2 is 2.38 bits per heavy atom. The summed E-state index contributed by atoms with van der Waals surface area (Å²) in [6.45, 7) is 4.20. The molecule has 2 rings (SSSR count). The summed E-state index contributed by atoms with van der Waals surface area (Å²) in [6, 6.07) is 1.63. The van der Waals surface area contributed by atoms with Gasteiger partial charge >= 0.3 is 11.7 Å². The topological polar surface area (TPSA) is 79.6 Å². The van der Waals surface area contributed by atoms with Crippen LogP contribution in [0, 0.1) is 0 Å². The lowest BCUT2D eigenvalue weighted by molar-refractivity contribution is -0.146. The molecule has 1 aliphatic rings. The van der Waals surface area contributed by atoms with Crippen LogP contribution in [0.3, 0.4) is 0 Å². The molecule has 0 spiro atoms. The highest BCUT2D eigenvalue weighted by Gasteiger charge is 2.29. The Morgan fingerprint density at radius 1 is 1.57 bits per heavy atom. The highest BCUT2D eigenvalue weighted by molar-refractivity contribution is 8.00. The maximum atomic E-state index is 11.9. The van der Waals surface area contributed by atoms with E-state index in [2.05, 4.69) is 4.98 Å². The second-order valence-corrected chi connectivity index (χ2v) is 5.47. The summed E-state index contributed by atoms with van der Waals surface area (Å²) < 4.78 is 17.3. The molecule has 1 aliphatic heterocycles. The van der Waals surface area contributed by atoms with Crippen LogP contribution in [0.5, 0.6) is 5.88 Å². The number of carbonyl (C=O) groups excluding carboxylic acids is 1. The summed E-state index contributed by atoms with van der Waals surface area (Å²) in [5.41, 5.74) is -0.679.